The van der Waals surface area contributed by atoms with Gasteiger partial charge in [-0.05, 0) is 12.1 Å². The molecule has 1 heterocycles. The van der Waals surface area contributed by atoms with E-state index in [0.29, 0.717) is 6.42 Å². The molecule has 9 heteroatoms. The van der Waals surface area contributed by atoms with E-state index in [-0.39, 0.29) is 5.91 Å². The number of nitrogens with zero attached hydrogens (tertiary/aromatic N) is 3. The zero-order valence-corrected chi connectivity index (χ0v) is 19.4. The topological polar surface area (TPSA) is 74.7 Å². The summed E-state index contributed by atoms with van der Waals surface area (Å²) in [7, 11) is 3.49. The van der Waals surface area contributed by atoms with Crippen LogP contribution in [0.2, 0.25) is 0 Å². The number of anilines is 2. The zero-order chi connectivity index (χ0) is 21.3. The van der Waals surface area contributed by atoms with Crippen LogP contribution in [0.5, 0.6) is 5.75 Å². The number of ether oxygens (including phenoxy) is 1. The van der Waals surface area contributed by atoms with E-state index in [1.807, 2.05) is 42.5 Å². The van der Waals surface area contributed by atoms with Crippen molar-refractivity contribution < 1.29 is 23.7 Å². The Labute approximate surface area is 183 Å². The molecule has 0 aromatic heterocycles. The van der Waals surface area contributed by atoms with Crippen LogP contribution in [-0.4, -0.2) is 78.7 Å². The molecule has 0 bridgehead atoms. The van der Waals surface area contributed by atoms with Gasteiger partial charge in [0.15, 0.2) is 0 Å². The number of hydrogen-bond donors (Lipinski definition) is 1. The van der Waals surface area contributed by atoms with E-state index >= 15 is 0 Å². The summed E-state index contributed by atoms with van der Waals surface area (Å²) in [5.74, 6) is 0.979. The molecule has 0 saturated carbocycles. The van der Waals surface area contributed by atoms with E-state index in [1.165, 1.54) is 0 Å². The van der Waals surface area contributed by atoms with Gasteiger partial charge in [0.25, 0.3) is 0 Å². The quantitative estimate of drug-likeness (QED) is 0.336. The standard InChI is InChI=1S/C21H27GeN3O5/c1-23(18-9-7-17(8-10-18)22-29-30-27)21(26)11-12-24-13-15-25(16-14-24)19-5-3-4-6-20(19)28-2/h3-10,27H,11-16H2,1-2H3. The molecule has 0 spiro atoms. The van der Waals surface area contributed by atoms with Crippen LogP contribution in [0.25, 0.3) is 0 Å². The van der Waals surface area contributed by atoms with Crippen molar-refractivity contribution >= 4 is 37.4 Å². The van der Waals surface area contributed by atoms with Gasteiger partial charge < -0.3 is 4.74 Å². The van der Waals surface area contributed by atoms with Crippen molar-refractivity contribution in [3.05, 3.63) is 48.5 Å². The average molecular weight is 474 g/mol. The molecule has 1 amide bonds. The van der Waals surface area contributed by atoms with Crippen molar-refractivity contribution in [2.75, 3.05) is 56.7 Å². The Hall–Kier alpha value is -2.11. The first-order chi connectivity index (χ1) is 14.6. The third-order valence-electron chi connectivity index (χ3n) is 5.27. The molecule has 2 radical (unpaired) electrons. The van der Waals surface area contributed by atoms with Gasteiger partial charge in [-0.3, -0.25) is 0 Å². The van der Waals surface area contributed by atoms with Gasteiger partial charge in [0.1, 0.15) is 5.75 Å². The van der Waals surface area contributed by atoms with E-state index in [0.717, 1.165) is 54.2 Å². The summed E-state index contributed by atoms with van der Waals surface area (Å²) < 4.78 is 11.0. The second kappa shape index (κ2) is 11.3. The van der Waals surface area contributed by atoms with Crippen LogP contribution in [0.15, 0.2) is 48.5 Å². The number of piperazine rings is 1. The van der Waals surface area contributed by atoms with Crippen LogP contribution in [-0.2, 0) is 13.7 Å². The Morgan fingerprint density at radius 1 is 1.10 bits per heavy atom. The summed E-state index contributed by atoms with van der Waals surface area (Å²) in [5, 5.41) is 11.9. The number of hydrogen-bond acceptors (Lipinski definition) is 7. The van der Waals surface area contributed by atoms with Crippen molar-refractivity contribution in [3.8, 4) is 5.75 Å². The van der Waals surface area contributed by atoms with E-state index in [1.54, 1.807) is 19.1 Å². The van der Waals surface area contributed by atoms with E-state index < -0.39 is 15.8 Å². The molecule has 1 aliphatic rings. The van der Waals surface area contributed by atoms with Gasteiger partial charge in [0, 0.05) is 0 Å². The Kier molecular flexibility index (Phi) is 8.53. The Balaban J connectivity index is 1.45. The Morgan fingerprint density at radius 2 is 1.80 bits per heavy atom. The molecule has 0 atom stereocenters. The second-order valence-corrected chi connectivity index (χ2v) is 9.00. The van der Waals surface area contributed by atoms with E-state index in [9.17, 15) is 4.79 Å². The molecule has 1 aliphatic heterocycles. The molecule has 0 unspecified atom stereocenters. The number of benzene rings is 2. The van der Waals surface area contributed by atoms with Gasteiger partial charge in [-0.2, -0.15) is 0 Å². The first-order valence-electron chi connectivity index (χ1n) is 9.82. The fourth-order valence-electron chi connectivity index (χ4n) is 3.49. The number of methoxy groups -OCH3 is 1. The van der Waals surface area contributed by atoms with Crippen LogP contribution in [0.4, 0.5) is 11.4 Å². The molecule has 160 valence electrons. The maximum absolute atomic E-state index is 12.6. The third kappa shape index (κ3) is 5.96. The summed E-state index contributed by atoms with van der Waals surface area (Å²) in [4.78, 5) is 19.0. The predicted octanol–water partition coefficient (Wildman–Crippen LogP) is 1.54. The molecule has 8 nitrogen and oxygen atoms in total. The summed E-state index contributed by atoms with van der Waals surface area (Å²) >= 11 is -0.992. The molecule has 3 rings (SSSR count). The van der Waals surface area contributed by atoms with Crippen molar-refractivity contribution in [2.24, 2.45) is 0 Å². The minimum atomic E-state index is -0.992. The fraction of sp³-hybridized carbons (Fsp3) is 0.381. The van der Waals surface area contributed by atoms with Crippen LogP contribution >= 0.6 is 0 Å². The number of rotatable bonds is 9. The molecule has 1 saturated heterocycles. The normalized spacial score (nSPS) is 14.6. The molecular formula is C21H27GeN3O5. The van der Waals surface area contributed by atoms with Gasteiger partial charge >= 0.3 is 136 Å². The Bertz CT molecular complexity index is 813. The molecule has 1 N–H and O–H groups in total. The van der Waals surface area contributed by atoms with Gasteiger partial charge in [-0.15, -0.1) is 0 Å². The summed E-state index contributed by atoms with van der Waals surface area (Å²) in [5.41, 5.74) is 1.96. The summed E-state index contributed by atoms with van der Waals surface area (Å²) in [6.07, 6.45) is 0.474. The average Bonchev–Trinajstić information content (AvgIpc) is 2.81. The third-order valence-corrected chi connectivity index (χ3v) is 6.79. The van der Waals surface area contributed by atoms with Crippen molar-refractivity contribution in [1.29, 1.82) is 0 Å². The van der Waals surface area contributed by atoms with Crippen LogP contribution in [0.1, 0.15) is 6.42 Å². The van der Waals surface area contributed by atoms with Gasteiger partial charge in [-0.1, -0.05) is 12.1 Å². The predicted molar refractivity (Wildman–Crippen MR) is 116 cm³/mol. The van der Waals surface area contributed by atoms with Gasteiger partial charge in [-0.25, -0.2) is 0 Å². The molecular weight excluding hydrogens is 447 g/mol. The van der Waals surface area contributed by atoms with Crippen molar-refractivity contribution in [3.63, 3.8) is 0 Å². The zero-order valence-electron chi connectivity index (χ0n) is 17.3. The number of para-hydroxylation sites is 2. The Morgan fingerprint density at radius 3 is 2.47 bits per heavy atom. The van der Waals surface area contributed by atoms with E-state index in [4.69, 9.17) is 9.99 Å². The molecule has 0 aliphatic carbocycles. The van der Waals surface area contributed by atoms with Gasteiger partial charge in [0.05, 0.1) is 12.8 Å². The first-order valence-corrected chi connectivity index (χ1v) is 11.7. The molecule has 2 aromatic rings. The number of carbonyl (C=O) groups excluding carboxylic acids is 1. The first kappa shape index (κ1) is 22.6. The van der Waals surface area contributed by atoms with E-state index in [2.05, 4.69) is 24.8 Å². The van der Waals surface area contributed by atoms with Gasteiger partial charge in [0.2, 0.25) is 0 Å². The number of carbonyl (C=O) groups is 1. The SMILES string of the molecule is COc1ccccc1N1CCN(CCC(=O)N(C)c2cc[c]([Ge][O]OO)cc2)CC1. The van der Waals surface area contributed by atoms with Crippen LogP contribution < -0.4 is 18.9 Å². The monoisotopic (exact) mass is 475 g/mol. The number of amides is 1. The summed E-state index contributed by atoms with van der Waals surface area (Å²) in [6, 6.07) is 15.6. The minimum absolute atomic E-state index is 0.0841. The van der Waals surface area contributed by atoms with Crippen molar-refractivity contribution in [2.45, 2.75) is 6.42 Å². The second-order valence-electron chi connectivity index (χ2n) is 7.01. The molecule has 2 aromatic carbocycles. The maximum atomic E-state index is 12.6. The van der Waals surface area contributed by atoms with Crippen LogP contribution in [0, 0.1) is 0 Å². The summed E-state index contributed by atoms with van der Waals surface area (Å²) in [6.45, 7) is 4.40. The molecule has 30 heavy (non-hydrogen) atoms. The fourth-order valence-corrected chi connectivity index (χ4v) is 4.40. The van der Waals surface area contributed by atoms with Crippen molar-refractivity contribution in [1.82, 2.24) is 4.90 Å². The molecule has 1 fully saturated rings. The van der Waals surface area contributed by atoms with Crippen LogP contribution in [0.3, 0.4) is 0 Å².